The largest absolute Gasteiger partial charge is 0.226 e. The Morgan fingerprint density at radius 3 is 2.33 bits per heavy atom. The van der Waals surface area contributed by atoms with Gasteiger partial charge in [-0.1, -0.05) is 25.4 Å². The van der Waals surface area contributed by atoms with E-state index in [1.807, 2.05) is 0 Å². The second kappa shape index (κ2) is 4.03. The highest BCUT2D eigenvalue weighted by Crippen LogP contribution is 2.29. The normalized spacial score (nSPS) is 10.8. The van der Waals surface area contributed by atoms with Crippen molar-refractivity contribution in [2.24, 2.45) is 0 Å². The second-order valence-electron chi connectivity index (χ2n) is 2.64. The summed E-state index contributed by atoms with van der Waals surface area (Å²) in [6.45, 7) is 4.10. The fourth-order valence-electron chi connectivity index (χ4n) is 0.792. The van der Waals surface area contributed by atoms with E-state index >= 15 is 0 Å². The van der Waals surface area contributed by atoms with E-state index in [9.17, 15) is 0 Å². The summed E-state index contributed by atoms with van der Waals surface area (Å²) < 4.78 is 1.31. The van der Waals surface area contributed by atoms with Gasteiger partial charge in [-0.15, -0.1) is 0 Å². The van der Waals surface area contributed by atoms with Gasteiger partial charge in [-0.2, -0.15) is 0 Å². The summed E-state index contributed by atoms with van der Waals surface area (Å²) >= 11 is 12.4. The topological polar surface area (TPSA) is 25.8 Å². The molecule has 1 aromatic heterocycles. The third-order valence-corrected chi connectivity index (χ3v) is 2.99. The maximum absolute atomic E-state index is 5.84. The number of halogens is 3. The standard InChI is InChI=1S/C7H7Br2ClN2/c1-3(2)5-4(8)6(10)12-7(9)11-5/h3H,1-2H3. The van der Waals surface area contributed by atoms with Gasteiger partial charge in [0.2, 0.25) is 0 Å². The molecule has 0 aliphatic carbocycles. The van der Waals surface area contributed by atoms with Crippen LogP contribution in [-0.2, 0) is 0 Å². The smallest absolute Gasteiger partial charge is 0.198 e. The molecule has 0 fully saturated rings. The van der Waals surface area contributed by atoms with Gasteiger partial charge in [0.1, 0.15) is 5.15 Å². The van der Waals surface area contributed by atoms with E-state index in [0.29, 0.717) is 15.8 Å². The Bertz CT molecular complexity index is 302. The van der Waals surface area contributed by atoms with Gasteiger partial charge < -0.3 is 0 Å². The Labute approximate surface area is 93.0 Å². The molecule has 5 heteroatoms. The molecule has 0 N–H and O–H groups in total. The van der Waals surface area contributed by atoms with Crippen molar-refractivity contribution in [3.8, 4) is 0 Å². The first-order chi connectivity index (χ1) is 5.52. The number of aromatic nitrogens is 2. The van der Waals surface area contributed by atoms with Crippen LogP contribution >= 0.6 is 43.5 Å². The summed E-state index contributed by atoms with van der Waals surface area (Å²) in [5.74, 6) is 0.330. The monoisotopic (exact) mass is 312 g/mol. The van der Waals surface area contributed by atoms with Crippen LogP contribution in [0.2, 0.25) is 5.15 Å². The minimum absolute atomic E-state index is 0.330. The lowest BCUT2D eigenvalue weighted by molar-refractivity contribution is 0.799. The average Bonchev–Trinajstić information content (AvgIpc) is 1.96. The Hall–Kier alpha value is 0.330. The van der Waals surface area contributed by atoms with Crippen molar-refractivity contribution >= 4 is 43.5 Å². The van der Waals surface area contributed by atoms with Gasteiger partial charge in [0.05, 0.1) is 10.2 Å². The van der Waals surface area contributed by atoms with Crippen molar-refractivity contribution in [2.45, 2.75) is 19.8 Å². The molecule has 0 aromatic carbocycles. The third kappa shape index (κ3) is 2.18. The van der Waals surface area contributed by atoms with Crippen LogP contribution in [0.15, 0.2) is 9.21 Å². The number of hydrogen-bond acceptors (Lipinski definition) is 2. The van der Waals surface area contributed by atoms with Gasteiger partial charge in [-0.3, -0.25) is 0 Å². The Morgan fingerprint density at radius 2 is 1.83 bits per heavy atom. The molecular weight excluding hydrogens is 307 g/mol. The van der Waals surface area contributed by atoms with Crippen LogP contribution in [-0.4, -0.2) is 9.97 Å². The molecule has 0 atom stereocenters. The van der Waals surface area contributed by atoms with Gasteiger partial charge in [-0.05, 0) is 37.8 Å². The molecule has 12 heavy (non-hydrogen) atoms. The molecule has 0 bridgehead atoms. The summed E-state index contributed by atoms with van der Waals surface area (Å²) in [5.41, 5.74) is 0.918. The van der Waals surface area contributed by atoms with Crippen LogP contribution in [0.3, 0.4) is 0 Å². The highest BCUT2D eigenvalue weighted by molar-refractivity contribution is 9.11. The second-order valence-corrected chi connectivity index (χ2v) is 4.50. The Balaban J connectivity index is 3.28. The van der Waals surface area contributed by atoms with Crippen molar-refractivity contribution in [2.75, 3.05) is 0 Å². The zero-order chi connectivity index (χ0) is 9.30. The van der Waals surface area contributed by atoms with Gasteiger partial charge in [0.15, 0.2) is 4.73 Å². The highest BCUT2D eigenvalue weighted by atomic mass is 79.9. The van der Waals surface area contributed by atoms with Crippen molar-refractivity contribution in [1.82, 2.24) is 9.97 Å². The lowest BCUT2D eigenvalue weighted by Gasteiger charge is -2.07. The van der Waals surface area contributed by atoms with E-state index in [1.165, 1.54) is 0 Å². The van der Waals surface area contributed by atoms with Gasteiger partial charge in [-0.25, -0.2) is 9.97 Å². The van der Waals surface area contributed by atoms with Crippen LogP contribution in [0.5, 0.6) is 0 Å². The van der Waals surface area contributed by atoms with Crippen molar-refractivity contribution in [1.29, 1.82) is 0 Å². The fourth-order valence-corrected chi connectivity index (χ4v) is 2.07. The molecule has 0 unspecified atom stereocenters. The Morgan fingerprint density at radius 1 is 1.25 bits per heavy atom. The molecule has 1 rings (SSSR count). The van der Waals surface area contributed by atoms with E-state index in [-0.39, 0.29) is 0 Å². The number of rotatable bonds is 1. The van der Waals surface area contributed by atoms with E-state index in [1.54, 1.807) is 0 Å². The summed E-state index contributed by atoms with van der Waals surface area (Å²) in [6, 6.07) is 0. The van der Waals surface area contributed by atoms with Crippen LogP contribution in [0.1, 0.15) is 25.5 Å². The van der Waals surface area contributed by atoms with Crippen molar-refractivity contribution in [3.63, 3.8) is 0 Å². The minimum atomic E-state index is 0.330. The van der Waals surface area contributed by atoms with E-state index < -0.39 is 0 Å². The van der Waals surface area contributed by atoms with E-state index in [2.05, 4.69) is 55.7 Å². The third-order valence-electron chi connectivity index (χ3n) is 1.36. The maximum Gasteiger partial charge on any atom is 0.198 e. The quantitative estimate of drug-likeness (QED) is 0.582. The fraction of sp³-hybridized carbons (Fsp3) is 0.429. The molecular formula is C7H7Br2ClN2. The lowest BCUT2D eigenvalue weighted by atomic mass is 10.1. The van der Waals surface area contributed by atoms with Crippen LogP contribution in [0.4, 0.5) is 0 Å². The molecule has 0 saturated carbocycles. The number of nitrogens with zero attached hydrogens (tertiary/aromatic N) is 2. The van der Waals surface area contributed by atoms with Crippen LogP contribution < -0.4 is 0 Å². The molecule has 0 amide bonds. The average molecular weight is 314 g/mol. The summed E-state index contributed by atoms with van der Waals surface area (Å²) in [4.78, 5) is 8.15. The zero-order valence-electron chi connectivity index (χ0n) is 6.61. The molecule has 0 aliphatic rings. The molecule has 0 aliphatic heterocycles. The van der Waals surface area contributed by atoms with E-state index in [4.69, 9.17) is 11.6 Å². The van der Waals surface area contributed by atoms with Crippen molar-refractivity contribution in [3.05, 3.63) is 20.1 Å². The molecule has 1 aromatic rings. The molecule has 0 radical (unpaired) electrons. The predicted molar refractivity (Wildman–Crippen MR) is 56.5 cm³/mol. The summed E-state index contributed by atoms with van der Waals surface area (Å²) in [7, 11) is 0. The molecule has 1 heterocycles. The molecule has 66 valence electrons. The molecule has 0 saturated heterocycles. The SMILES string of the molecule is CC(C)c1nc(Br)nc(Cl)c1Br. The Kier molecular flexibility index (Phi) is 3.49. The van der Waals surface area contributed by atoms with Gasteiger partial charge in [0, 0.05) is 0 Å². The van der Waals surface area contributed by atoms with E-state index in [0.717, 1.165) is 10.2 Å². The predicted octanol–water partition coefficient (Wildman–Crippen LogP) is 3.78. The minimum Gasteiger partial charge on any atom is -0.226 e. The lowest BCUT2D eigenvalue weighted by Crippen LogP contribution is -1.97. The van der Waals surface area contributed by atoms with Crippen LogP contribution in [0, 0.1) is 0 Å². The van der Waals surface area contributed by atoms with Gasteiger partial charge >= 0.3 is 0 Å². The zero-order valence-corrected chi connectivity index (χ0v) is 10.5. The highest BCUT2D eigenvalue weighted by Gasteiger charge is 2.11. The van der Waals surface area contributed by atoms with Crippen LogP contribution in [0.25, 0.3) is 0 Å². The summed E-state index contributed by atoms with van der Waals surface area (Å²) in [5, 5.41) is 0.445. The first-order valence-electron chi connectivity index (χ1n) is 3.40. The molecule has 2 nitrogen and oxygen atoms in total. The summed E-state index contributed by atoms with van der Waals surface area (Å²) in [6.07, 6.45) is 0. The molecule has 0 spiro atoms. The van der Waals surface area contributed by atoms with Gasteiger partial charge in [0.25, 0.3) is 0 Å². The number of hydrogen-bond donors (Lipinski definition) is 0. The maximum atomic E-state index is 5.84. The first kappa shape index (κ1) is 10.4. The van der Waals surface area contributed by atoms with Crippen molar-refractivity contribution < 1.29 is 0 Å². The first-order valence-corrected chi connectivity index (χ1v) is 5.37.